The van der Waals surface area contributed by atoms with Crippen LogP contribution in [0.15, 0.2) is 60.2 Å². The van der Waals surface area contributed by atoms with Crippen molar-refractivity contribution in [1.29, 1.82) is 0 Å². The van der Waals surface area contributed by atoms with E-state index in [1.165, 1.54) is 48.0 Å². The van der Waals surface area contributed by atoms with Crippen LogP contribution in [0.25, 0.3) is 12.2 Å². The zero-order valence-electron chi connectivity index (χ0n) is 11.5. The maximum Gasteiger partial charge on any atom is 0.0273 e. The molecule has 0 amide bonds. The molecule has 0 N–H and O–H groups in total. The molecule has 0 aliphatic heterocycles. The largest absolute Gasteiger partial charge is 0.265 e. The van der Waals surface area contributed by atoms with E-state index in [1.54, 1.807) is 0 Å². The highest BCUT2D eigenvalue weighted by molar-refractivity contribution is 5.66. The van der Waals surface area contributed by atoms with Crippen molar-refractivity contribution in [3.63, 3.8) is 0 Å². The predicted octanol–water partition coefficient (Wildman–Crippen LogP) is 4.52. The van der Waals surface area contributed by atoms with E-state index in [4.69, 9.17) is 0 Å². The summed E-state index contributed by atoms with van der Waals surface area (Å²) >= 11 is 0. The second-order valence-corrected chi connectivity index (χ2v) is 5.11. The Labute approximate surface area is 119 Å². The Balaban J connectivity index is 1.92. The summed E-state index contributed by atoms with van der Waals surface area (Å²) in [4.78, 5) is 8.15. The Morgan fingerprint density at radius 2 is 1.05 bits per heavy atom. The molecule has 2 heterocycles. The maximum absolute atomic E-state index is 4.07. The molecule has 1 saturated carbocycles. The molecule has 0 spiro atoms. The van der Waals surface area contributed by atoms with Crippen molar-refractivity contribution in [2.45, 2.75) is 25.7 Å². The van der Waals surface area contributed by atoms with Gasteiger partial charge in [0.1, 0.15) is 0 Å². The highest BCUT2D eigenvalue weighted by Gasteiger charge is 2.11. The molecule has 0 aromatic carbocycles. The number of hydrogen-bond acceptors (Lipinski definition) is 2. The van der Waals surface area contributed by atoms with Gasteiger partial charge in [-0.3, -0.25) is 9.97 Å². The molecule has 0 unspecified atom stereocenters. The topological polar surface area (TPSA) is 25.8 Å². The summed E-state index contributed by atoms with van der Waals surface area (Å²) in [5.74, 6) is 0. The van der Waals surface area contributed by atoms with Crippen molar-refractivity contribution in [3.05, 3.63) is 71.3 Å². The summed E-state index contributed by atoms with van der Waals surface area (Å²) in [5.41, 5.74) is 5.38. The minimum atomic E-state index is 1.17. The van der Waals surface area contributed by atoms with E-state index in [0.717, 1.165) is 0 Å². The van der Waals surface area contributed by atoms with Crippen molar-refractivity contribution in [1.82, 2.24) is 9.97 Å². The average molecular weight is 262 g/mol. The lowest BCUT2D eigenvalue weighted by molar-refractivity contribution is 0.685. The van der Waals surface area contributed by atoms with Crippen molar-refractivity contribution in [2.75, 3.05) is 0 Å². The van der Waals surface area contributed by atoms with E-state index in [1.807, 2.05) is 24.8 Å². The molecular weight excluding hydrogens is 244 g/mol. The Morgan fingerprint density at radius 1 is 0.650 bits per heavy atom. The van der Waals surface area contributed by atoms with Gasteiger partial charge in [0.05, 0.1) is 0 Å². The molecule has 2 aromatic heterocycles. The molecule has 2 nitrogen and oxygen atoms in total. The number of nitrogens with zero attached hydrogens (tertiary/aromatic N) is 2. The molecule has 1 aliphatic rings. The Bertz CT molecular complexity index is 555. The predicted molar refractivity (Wildman–Crippen MR) is 82.9 cm³/mol. The lowest BCUT2D eigenvalue weighted by atomic mass is 9.87. The third-order valence-electron chi connectivity index (χ3n) is 3.65. The van der Waals surface area contributed by atoms with Crippen molar-refractivity contribution in [3.8, 4) is 0 Å². The number of rotatable bonds is 2. The molecule has 0 saturated heterocycles. The quantitative estimate of drug-likeness (QED) is 0.795. The fraction of sp³-hybridized carbons (Fsp3) is 0.222. The third kappa shape index (κ3) is 3.21. The van der Waals surface area contributed by atoms with E-state index in [0.29, 0.717) is 0 Å². The zero-order valence-corrected chi connectivity index (χ0v) is 11.5. The van der Waals surface area contributed by atoms with Crippen molar-refractivity contribution in [2.24, 2.45) is 0 Å². The van der Waals surface area contributed by atoms with Crippen LogP contribution in [0.5, 0.6) is 0 Å². The van der Waals surface area contributed by atoms with Crippen LogP contribution in [-0.2, 0) is 0 Å². The smallest absolute Gasteiger partial charge is 0.0273 e. The van der Waals surface area contributed by atoms with Crippen LogP contribution < -0.4 is 0 Å². The van der Waals surface area contributed by atoms with E-state index in [-0.39, 0.29) is 0 Å². The van der Waals surface area contributed by atoms with Crippen LogP contribution in [-0.4, -0.2) is 9.97 Å². The van der Waals surface area contributed by atoms with Gasteiger partial charge in [0.15, 0.2) is 0 Å². The van der Waals surface area contributed by atoms with E-state index >= 15 is 0 Å². The van der Waals surface area contributed by atoms with E-state index in [9.17, 15) is 0 Å². The molecule has 2 heteroatoms. The van der Waals surface area contributed by atoms with Gasteiger partial charge in [-0.25, -0.2) is 0 Å². The highest BCUT2D eigenvalue weighted by atomic mass is 14.6. The van der Waals surface area contributed by atoms with E-state index in [2.05, 4.69) is 46.4 Å². The summed E-state index contributed by atoms with van der Waals surface area (Å²) in [6.45, 7) is 0. The summed E-state index contributed by atoms with van der Waals surface area (Å²) in [6, 6.07) is 8.24. The lowest BCUT2D eigenvalue weighted by Crippen LogP contribution is -1.98. The Hall–Kier alpha value is -2.22. The van der Waals surface area contributed by atoms with Crippen molar-refractivity contribution >= 4 is 12.2 Å². The molecular formula is C18H18N2. The second kappa shape index (κ2) is 6.29. The van der Waals surface area contributed by atoms with Crippen LogP contribution in [0.4, 0.5) is 0 Å². The SMILES string of the molecule is C(=C1CCCCC1=Cc1ccncc1)c1ccncc1. The minimum absolute atomic E-state index is 1.17. The Kier molecular flexibility index (Phi) is 4.02. The molecule has 100 valence electrons. The number of hydrogen-bond donors (Lipinski definition) is 0. The van der Waals surface area contributed by atoms with Gasteiger partial charge in [0, 0.05) is 24.8 Å². The standard InChI is InChI=1S/C18H18N2/c1-2-4-18(14-16-7-11-20-12-8-16)17(3-1)13-15-5-9-19-10-6-15/h5-14H,1-4H2. The molecule has 1 fully saturated rings. The molecule has 3 rings (SSSR count). The van der Waals surface area contributed by atoms with Gasteiger partial charge in [-0.2, -0.15) is 0 Å². The first-order chi connectivity index (χ1) is 9.92. The van der Waals surface area contributed by atoms with Gasteiger partial charge in [-0.15, -0.1) is 0 Å². The van der Waals surface area contributed by atoms with Gasteiger partial charge in [-0.05, 0) is 72.2 Å². The van der Waals surface area contributed by atoms with Gasteiger partial charge in [0.25, 0.3) is 0 Å². The normalized spacial score (nSPS) is 19.4. The average Bonchev–Trinajstić information content (AvgIpc) is 2.51. The van der Waals surface area contributed by atoms with Crippen LogP contribution in [0.1, 0.15) is 36.8 Å². The second-order valence-electron chi connectivity index (χ2n) is 5.11. The zero-order chi connectivity index (χ0) is 13.6. The van der Waals surface area contributed by atoms with E-state index < -0.39 is 0 Å². The van der Waals surface area contributed by atoms with Crippen LogP contribution in [0, 0.1) is 0 Å². The molecule has 0 atom stereocenters. The number of allylic oxidation sites excluding steroid dienone is 2. The molecule has 0 radical (unpaired) electrons. The van der Waals surface area contributed by atoms with Gasteiger partial charge in [-0.1, -0.05) is 12.2 Å². The first kappa shape index (κ1) is 12.8. The maximum atomic E-state index is 4.07. The first-order valence-electron chi connectivity index (χ1n) is 7.13. The molecule has 0 bridgehead atoms. The van der Waals surface area contributed by atoms with Crippen LogP contribution >= 0.6 is 0 Å². The third-order valence-corrected chi connectivity index (χ3v) is 3.65. The molecule has 2 aromatic rings. The van der Waals surface area contributed by atoms with Gasteiger partial charge in [0.2, 0.25) is 0 Å². The molecule has 1 aliphatic carbocycles. The number of aromatic nitrogens is 2. The van der Waals surface area contributed by atoms with Crippen LogP contribution in [0.2, 0.25) is 0 Å². The first-order valence-corrected chi connectivity index (χ1v) is 7.13. The number of pyridine rings is 2. The summed E-state index contributed by atoms with van der Waals surface area (Å²) in [6.07, 6.45) is 16.9. The van der Waals surface area contributed by atoms with Crippen molar-refractivity contribution < 1.29 is 0 Å². The Morgan fingerprint density at radius 3 is 1.45 bits per heavy atom. The summed E-state index contributed by atoms with van der Waals surface area (Å²) in [5, 5.41) is 0. The van der Waals surface area contributed by atoms with Crippen LogP contribution in [0.3, 0.4) is 0 Å². The monoisotopic (exact) mass is 262 g/mol. The summed E-state index contributed by atoms with van der Waals surface area (Å²) < 4.78 is 0. The fourth-order valence-electron chi connectivity index (χ4n) is 2.60. The minimum Gasteiger partial charge on any atom is -0.265 e. The molecule has 20 heavy (non-hydrogen) atoms. The fourth-order valence-corrected chi connectivity index (χ4v) is 2.60. The highest BCUT2D eigenvalue weighted by Crippen LogP contribution is 2.31. The summed E-state index contributed by atoms with van der Waals surface area (Å²) in [7, 11) is 0. The van der Waals surface area contributed by atoms with Gasteiger partial charge >= 0.3 is 0 Å². The van der Waals surface area contributed by atoms with Gasteiger partial charge < -0.3 is 0 Å². The lowest BCUT2D eigenvalue weighted by Gasteiger charge is -2.18.